The molecule has 4 nitrogen and oxygen atoms in total. The van der Waals surface area contributed by atoms with Crippen molar-refractivity contribution in [3.05, 3.63) is 111 Å². The highest BCUT2D eigenvalue weighted by Gasteiger charge is 2.38. The van der Waals surface area contributed by atoms with Crippen molar-refractivity contribution in [3.8, 4) is 0 Å². The van der Waals surface area contributed by atoms with Crippen LogP contribution in [0.1, 0.15) is 76.8 Å². The van der Waals surface area contributed by atoms with Gasteiger partial charge in [0.2, 0.25) is 0 Å². The van der Waals surface area contributed by atoms with Crippen molar-refractivity contribution in [1.29, 1.82) is 0 Å². The molecule has 0 saturated carbocycles. The zero-order valence-electron chi connectivity index (χ0n) is 22.0. The average molecular weight is 495 g/mol. The molecule has 0 N–H and O–H groups in total. The maximum absolute atomic E-state index is 13.8. The molecule has 0 aliphatic heterocycles. The van der Waals surface area contributed by atoms with Crippen LogP contribution in [-0.2, 0) is 33.5 Å². The maximum Gasteiger partial charge on any atom is 0.317 e. The van der Waals surface area contributed by atoms with E-state index in [4.69, 9.17) is 9.47 Å². The predicted molar refractivity (Wildman–Crippen MR) is 146 cm³/mol. The first-order chi connectivity index (χ1) is 17.7. The van der Waals surface area contributed by atoms with Gasteiger partial charge in [-0.3, -0.25) is 9.59 Å². The van der Waals surface area contributed by atoms with Crippen molar-refractivity contribution in [1.82, 2.24) is 0 Å². The van der Waals surface area contributed by atoms with Crippen LogP contribution in [0.25, 0.3) is 6.08 Å². The predicted octanol–water partition coefficient (Wildman–Crippen LogP) is 6.69. The second-order valence-corrected chi connectivity index (χ2v) is 11.0. The Kier molecular flexibility index (Phi) is 6.76. The van der Waals surface area contributed by atoms with E-state index in [1.165, 1.54) is 16.7 Å². The Morgan fingerprint density at radius 3 is 2.43 bits per heavy atom. The Morgan fingerprint density at radius 2 is 1.70 bits per heavy atom. The molecule has 190 valence electrons. The van der Waals surface area contributed by atoms with E-state index in [0.717, 1.165) is 35.3 Å². The largest absolute Gasteiger partial charge is 0.500 e. The van der Waals surface area contributed by atoms with E-state index in [2.05, 4.69) is 48.5 Å². The van der Waals surface area contributed by atoms with E-state index >= 15 is 0 Å². The monoisotopic (exact) mass is 494 g/mol. The van der Waals surface area contributed by atoms with Crippen LogP contribution in [0.15, 0.2) is 72.5 Å². The minimum Gasteiger partial charge on any atom is -0.500 e. The quantitative estimate of drug-likeness (QED) is 0.283. The minimum absolute atomic E-state index is 0.0864. The summed E-state index contributed by atoms with van der Waals surface area (Å²) in [5.74, 6) is -0.549. The second kappa shape index (κ2) is 10.0. The molecule has 3 aromatic rings. The number of allylic oxidation sites excluding steroid dienone is 1. The lowest BCUT2D eigenvalue weighted by atomic mass is 9.77. The van der Waals surface area contributed by atoms with Crippen molar-refractivity contribution in [2.45, 2.75) is 58.0 Å². The molecule has 0 bridgehead atoms. The molecule has 2 atom stereocenters. The van der Waals surface area contributed by atoms with Gasteiger partial charge in [-0.25, -0.2) is 0 Å². The smallest absolute Gasteiger partial charge is 0.317 e. The molecule has 0 radical (unpaired) electrons. The van der Waals surface area contributed by atoms with Gasteiger partial charge in [-0.15, -0.1) is 0 Å². The summed E-state index contributed by atoms with van der Waals surface area (Å²) in [6.07, 6.45) is 4.95. The third-order valence-corrected chi connectivity index (χ3v) is 7.31. The lowest BCUT2D eigenvalue weighted by Crippen LogP contribution is -2.36. The van der Waals surface area contributed by atoms with Gasteiger partial charge in [-0.05, 0) is 92.0 Å². The average Bonchev–Trinajstić information content (AvgIpc) is 3.26. The summed E-state index contributed by atoms with van der Waals surface area (Å²) in [7, 11) is 1.70. The Bertz CT molecular complexity index is 1360. The van der Waals surface area contributed by atoms with Crippen molar-refractivity contribution in [3.63, 3.8) is 0 Å². The number of ether oxygens (including phenoxy) is 2. The summed E-state index contributed by atoms with van der Waals surface area (Å²) in [6.45, 7) is 5.51. The number of carbonyl (C=O) groups excluding carboxylic acids is 2. The van der Waals surface area contributed by atoms with Crippen molar-refractivity contribution in [2.24, 2.45) is 5.92 Å². The van der Waals surface area contributed by atoms with Crippen LogP contribution in [0.5, 0.6) is 0 Å². The molecule has 0 fully saturated rings. The number of hydrogen-bond donors (Lipinski definition) is 0. The van der Waals surface area contributed by atoms with Gasteiger partial charge in [0.25, 0.3) is 0 Å². The zero-order valence-corrected chi connectivity index (χ0v) is 22.0. The maximum atomic E-state index is 13.8. The number of carbonyl (C=O) groups is 2. The molecule has 4 heteroatoms. The third kappa shape index (κ3) is 5.11. The first-order valence-corrected chi connectivity index (χ1v) is 13.1. The van der Waals surface area contributed by atoms with Gasteiger partial charge in [-0.2, -0.15) is 0 Å². The molecular formula is C33H34O4. The van der Waals surface area contributed by atoms with Crippen LogP contribution in [0.2, 0.25) is 0 Å². The summed E-state index contributed by atoms with van der Waals surface area (Å²) in [5.41, 5.74) is 6.85. The molecule has 2 unspecified atom stereocenters. The molecule has 0 saturated heterocycles. The second-order valence-electron chi connectivity index (χ2n) is 11.0. The molecular weight excluding hydrogens is 460 g/mol. The van der Waals surface area contributed by atoms with Gasteiger partial charge in [0.05, 0.1) is 13.0 Å². The van der Waals surface area contributed by atoms with E-state index in [1.54, 1.807) is 7.11 Å². The SMILES string of the molecule is COC1=Cc2ccccc2C1c1cc(CCc2ccccc2)c2c(c1)C(=O)C(C(=O)OC(C)(C)C)CC2. The molecule has 2 aliphatic carbocycles. The van der Waals surface area contributed by atoms with Gasteiger partial charge in [0, 0.05) is 5.56 Å². The lowest BCUT2D eigenvalue weighted by Gasteiger charge is -2.29. The fourth-order valence-electron chi connectivity index (χ4n) is 5.61. The summed E-state index contributed by atoms with van der Waals surface area (Å²) in [4.78, 5) is 26.7. The Balaban J connectivity index is 1.57. The Labute approximate surface area is 219 Å². The summed E-state index contributed by atoms with van der Waals surface area (Å²) < 4.78 is 11.4. The topological polar surface area (TPSA) is 52.6 Å². The third-order valence-electron chi connectivity index (χ3n) is 7.31. The van der Waals surface area contributed by atoms with Gasteiger partial charge in [0.15, 0.2) is 5.78 Å². The van der Waals surface area contributed by atoms with Gasteiger partial charge < -0.3 is 9.47 Å². The minimum atomic E-state index is -0.766. The Hall–Kier alpha value is -3.66. The van der Waals surface area contributed by atoms with E-state index < -0.39 is 17.5 Å². The highest BCUT2D eigenvalue weighted by molar-refractivity contribution is 6.10. The van der Waals surface area contributed by atoms with Crippen molar-refractivity contribution in [2.75, 3.05) is 7.11 Å². The van der Waals surface area contributed by atoms with Crippen LogP contribution in [0, 0.1) is 5.92 Å². The number of benzene rings is 3. The number of Topliss-reactive ketones (excluding diaryl/α,β-unsaturated/α-hetero) is 1. The highest BCUT2D eigenvalue weighted by atomic mass is 16.6. The normalized spacial score (nSPS) is 18.6. The summed E-state index contributed by atoms with van der Waals surface area (Å²) in [5, 5.41) is 0. The number of rotatable bonds is 6. The van der Waals surface area contributed by atoms with Crippen molar-refractivity contribution >= 4 is 17.8 Å². The van der Waals surface area contributed by atoms with E-state index in [-0.39, 0.29) is 11.7 Å². The van der Waals surface area contributed by atoms with Crippen LogP contribution >= 0.6 is 0 Å². The number of ketones is 1. The molecule has 37 heavy (non-hydrogen) atoms. The van der Waals surface area contributed by atoms with Crippen LogP contribution in [0.4, 0.5) is 0 Å². The Morgan fingerprint density at radius 1 is 0.973 bits per heavy atom. The summed E-state index contributed by atoms with van der Waals surface area (Å²) >= 11 is 0. The van der Waals surface area contributed by atoms with Gasteiger partial charge in [0.1, 0.15) is 17.3 Å². The molecule has 0 heterocycles. The zero-order chi connectivity index (χ0) is 26.2. The lowest BCUT2D eigenvalue weighted by molar-refractivity contribution is -0.158. The van der Waals surface area contributed by atoms with E-state index in [0.29, 0.717) is 18.4 Å². The number of esters is 1. The molecule has 3 aromatic carbocycles. The number of aryl methyl sites for hydroxylation is 2. The van der Waals surface area contributed by atoms with Crippen molar-refractivity contribution < 1.29 is 19.1 Å². The van der Waals surface area contributed by atoms with Crippen LogP contribution in [0.3, 0.4) is 0 Å². The molecule has 2 aliphatic rings. The fraction of sp³-hybridized carbons (Fsp3) is 0.333. The molecule has 0 amide bonds. The highest BCUT2D eigenvalue weighted by Crippen LogP contribution is 2.43. The standard InChI is InChI=1S/C33H34O4/c1-33(2,3)37-32(35)27-17-16-25-23(15-14-21-10-6-5-7-11-21)18-24(19-28(25)31(27)34)30-26-13-9-8-12-22(26)20-29(30)36-4/h5-13,18-20,27,30H,14-17H2,1-4H3. The number of fused-ring (bicyclic) bond motifs is 2. The van der Waals surface area contributed by atoms with E-state index in [9.17, 15) is 9.59 Å². The fourth-order valence-corrected chi connectivity index (χ4v) is 5.61. The number of hydrogen-bond acceptors (Lipinski definition) is 4. The molecule has 5 rings (SSSR count). The van der Waals surface area contributed by atoms with Crippen LogP contribution in [-0.4, -0.2) is 24.5 Å². The van der Waals surface area contributed by atoms with Gasteiger partial charge >= 0.3 is 5.97 Å². The molecule has 0 spiro atoms. The van der Waals surface area contributed by atoms with Gasteiger partial charge in [-0.1, -0.05) is 60.7 Å². The van der Waals surface area contributed by atoms with E-state index in [1.807, 2.05) is 45.0 Å². The summed E-state index contributed by atoms with van der Waals surface area (Å²) in [6, 6.07) is 22.9. The van der Waals surface area contributed by atoms with Crippen LogP contribution < -0.4 is 0 Å². The number of methoxy groups -OCH3 is 1. The first kappa shape index (κ1) is 25.0. The first-order valence-electron chi connectivity index (χ1n) is 13.1. The molecule has 0 aromatic heterocycles.